The zero-order chi connectivity index (χ0) is 42.0. The molecule has 1 aliphatic carbocycles. The Hall–Kier alpha value is -5.79. The summed E-state index contributed by atoms with van der Waals surface area (Å²) in [6, 6.07) is 9.81. The zero-order valence-electron chi connectivity index (χ0n) is 34.3. The van der Waals surface area contributed by atoms with Gasteiger partial charge in [-0.15, -0.1) is 0 Å². The van der Waals surface area contributed by atoms with Gasteiger partial charge in [-0.2, -0.15) is 14.3 Å². The van der Waals surface area contributed by atoms with E-state index in [1.807, 2.05) is 24.4 Å². The number of anilines is 3. The number of rotatable bonds is 11. The molecule has 5 aromatic rings. The van der Waals surface area contributed by atoms with Crippen LogP contribution in [0.4, 0.5) is 17.5 Å². The van der Waals surface area contributed by atoms with Crippen molar-refractivity contribution in [3.05, 3.63) is 71.8 Å². The first-order valence-electron chi connectivity index (χ1n) is 21.2. The van der Waals surface area contributed by atoms with E-state index in [0.29, 0.717) is 60.4 Å². The molecule has 19 heteroatoms. The maximum absolute atomic E-state index is 13.2. The van der Waals surface area contributed by atoms with Crippen LogP contribution in [0.3, 0.4) is 0 Å². The smallest absolute Gasteiger partial charge is 0.256 e. The monoisotopic (exact) mass is 847 g/mol. The van der Waals surface area contributed by atoms with Gasteiger partial charge in [0.15, 0.2) is 11.6 Å². The molecule has 4 aromatic heterocycles. The van der Waals surface area contributed by atoms with Gasteiger partial charge in [-0.05, 0) is 69.2 Å². The van der Waals surface area contributed by atoms with E-state index in [-0.39, 0.29) is 35.4 Å². The summed E-state index contributed by atoms with van der Waals surface area (Å²) in [6.45, 7) is 11.2. The lowest BCUT2D eigenvalue weighted by molar-refractivity contribution is -0.136. The highest BCUT2D eigenvalue weighted by molar-refractivity contribution is 7.90. The fourth-order valence-electron chi connectivity index (χ4n) is 9.20. The van der Waals surface area contributed by atoms with E-state index in [1.54, 1.807) is 17.2 Å². The number of nitrogens with one attached hydrogen (secondary N) is 2. The first kappa shape index (κ1) is 39.4. The molecule has 1 atom stereocenters. The number of fused-ring (bicyclic) bond motifs is 2. The third-order valence-electron chi connectivity index (χ3n) is 12.7. The normalized spacial score (nSPS) is 20.8. The van der Waals surface area contributed by atoms with Gasteiger partial charge >= 0.3 is 0 Å². The molecular formula is C42H49N13O5S. The van der Waals surface area contributed by atoms with Gasteiger partial charge < -0.3 is 15.1 Å². The van der Waals surface area contributed by atoms with Crippen LogP contribution in [0.25, 0.3) is 22.3 Å². The van der Waals surface area contributed by atoms with Crippen molar-refractivity contribution in [2.24, 2.45) is 0 Å². The summed E-state index contributed by atoms with van der Waals surface area (Å²) in [7, 11) is -3.49. The van der Waals surface area contributed by atoms with E-state index in [9.17, 15) is 22.8 Å². The Morgan fingerprint density at radius 1 is 0.902 bits per heavy atom. The Morgan fingerprint density at radius 3 is 2.46 bits per heavy atom. The van der Waals surface area contributed by atoms with Gasteiger partial charge in [-0.3, -0.25) is 34.2 Å². The molecule has 0 radical (unpaired) electrons. The van der Waals surface area contributed by atoms with E-state index < -0.39 is 16.1 Å². The first-order valence-corrected chi connectivity index (χ1v) is 22.7. The molecule has 318 valence electrons. The third-order valence-corrected chi connectivity index (χ3v) is 14.7. The summed E-state index contributed by atoms with van der Waals surface area (Å²) >= 11 is 0. The average molecular weight is 848 g/mol. The van der Waals surface area contributed by atoms with Crippen molar-refractivity contribution in [2.45, 2.75) is 88.8 Å². The minimum Gasteiger partial charge on any atom is -0.354 e. The van der Waals surface area contributed by atoms with Gasteiger partial charge in [0.1, 0.15) is 17.7 Å². The predicted octanol–water partition coefficient (Wildman–Crippen LogP) is 3.30. The molecule has 1 unspecified atom stereocenters. The number of piperazine rings is 1. The van der Waals surface area contributed by atoms with Gasteiger partial charge in [-0.25, -0.2) is 23.4 Å². The number of carbonyl (C=O) groups excluding carboxylic acids is 3. The molecule has 5 aliphatic rings. The number of carbonyl (C=O) groups is 3. The van der Waals surface area contributed by atoms with Crippen molar-refractivity contribution in [3.8, 4) is 11.4 Å². The fourth-order valence-corrected chi connectivity index (χ4v) is 10.7. The van der Waals surface area contributed by atoms with Crippen LogP contribution < -0.4 is 15.5 Å². The number of aromatic nitrogens is 7. The van der Waals surface area contributed by atoms with Crippen LogP contribution in [0.15, 0.2) is 55.1 Å². The van der Waals surface area contributed by atoms with Crippen LogP contribution in [-0.4, -0.2) is 131 Å². The summed E-state index contributed by atoms with van der Waals surface area (Å²) in [5.74, 6) is 1.63. The number of pyridine rings is 1. The van der Waals surface area contributed by atoms with Crippen LogP contribution >= 0.6 is 0 Å². The van der Waals surface area contributed by atoms with E-state index in [4.69, 9.17) is 10.1 Å². The second kappa shape index (κ2) is 15.6. The lowest BCUT2D eigenvalue weighted by atomic mass is 10.0. The van der Waals surface area contributed by atoms with Gasteiger partial charge in [0, 0.05) is 94.9 Å². The average Bonchev–Trinajstić information content (AvgIpc) is 3.75. The van der Waals surface area contributed by atoms with Crippen molar-refractivity contribution in [2.75, 3.05) is 49.5 Å². The van der Waals surface area contributed by atoms with Crippen LogP contribution in [0, 0.1) is 0 Å². The quantitative estimate of drug-likeness (QED) is 0.184. The van der Waals surface area contributed by atoms with Crippen LogP contribution in [0.5, 0.6) is 0 Å². The van der Waals surface area contributed by atoms with Gasteiger partial charge in [-0.1, -0.05) is 12.1 Å². The molecule has 4 fully saturated rings. The minimum absolute atomic E-state index is 0.126. The van der Waals surface area contributed by atoms with Gasteiger partial charge in [0.25, 0.3) is 15.9 Å². The first-order chi connectivity index (χ1) is 29.5. The Morgan fingerprint density at radius 2 is 1.70 bits per heavy atom. The number of amides is 3. The van der Waals surface area contributed by atoms with Crippen molar-refractivity contribution < 1.29 is 22.8 Å². The number of hydrogen-bond donors (Lipinski definition) is 2. The number of imide groups is 1. The topological polar surface area (TPSA) is 197 Å². The van der Waals surface area contributed by atoms with Crippen molar-refractivity contribution in [1.29, 1.82) is 0 Å². The Bertz CT molecular complexity index is 2640. The zero-order valence-corrected chi connectivity index (χ0v) is 35.1. The van der Waals surface area contributed by atoms with E-state index in [1.165, 1.54) is 12.4 Å². The number of nitrogens with zero attached hydrogens (tertiary/aromatic N) is 11. The molecule has 3 saturated heterocycles. The highest BCUT2D eigenvalue weighted by Crippen LogP contribution is 2.34. The molecule has 18 nitrogen and oxygen atoms in total. The fraction of sp³-hybridized carbons (Fsp3) is 0.476. The lowest BCUT2D eigenvalue weighted by Crippen LogP contribution is -2.53. The third kappa shape index (κ3) is 7.63. The second-order valence-electron chi connectivity index (χ2n) is 17.1. The van der Waals surface area contributed by atoms with Crippen LogP contribution in [-0.2, 0) is 32.7 Å². The maximum Gasteiger partial charge on any atom is 0.256 e. The number of benzene rings is 1. The molecule has 61 heavy (non-hydrogen) atoms. The van der Waals surface area contributed by atoms with Crippen molar-refractivity contribution in [3.63, 3.8) is 0 Å². The van der Waals surface area contributed by atoms with Crippen LogP contribution in [0.1, 0.15) is 79.9 Å². The highest BCUT2D eigenvalue weighted by Gasteiger charge is 2.40. The Labute approximate surface area is 353 Å². The molecule has 1 aromatic carbocycles. The number of hydrogen-bond acceptors (Lipinski definition) is 14. The molecule has 0 spiro atoms. The molecule has 4 aliphatic heterocycles. The summed E-state index contributed by atoms with van der Waals surface area (Å²) in [4.78, 5) is 60.2. The van der Waals surface area contributed by atoms with E-state index in [0.717, 1.165) is 90.6 Å². The second-order valence-corrected chi connectivity index (χ2v) is 19.2. The lowest BCUT2D eigenvalue weighted by Gasteiger charge is -2.43. The van der Waals surface area contributed by atoms with E-state index in [2.05, 4.69) is 65.0 Å². The molecule has 8 heterocycles. The van der Waals surface area contributed by atoms with Crippen molar-refractivity contribution in [1.82, 2.24) is 53.9 Å². The molecule has 3 amide bonds. The minimum atomic E-state index is -3.49. The predicted molar refractivity (Wildman–Crippen MR) is 226 cm³/mol. The standard InChI is InChI=1S/C42H49N13O5S/c1-26(2)55-35-20-37(46-36-9-12-43-39(47-36)29-21-45-54(25-29)61(59,60)31-4-5-31)44-22-33(35)40(49-55)52-13-10-30(11-14-52)51-17-15-50(16-18-51)23-27-3-6-32-28(19-27)24-53(42(32)58)34-7-8-38(56)48-41(34)57/h3,6,9,12,19-22,25-26,30-31,34H,4-5,7-8,10-11,13-18,23-24H2,1-2H3,(H,48,56,57)(H,43,44,46,47). The maximum atomic E-state index is 13.2. The molecular weight excluding hydrogens is 799 g/mol. The van der Waals surface area contributed by atoms with E-state index >= 15 is 0 Å². The molecule has 1 saturated carbocycles. The SMILES string of the molecule is CC(C)n1nc(N2CCC(N3CCN(Cc4ccc5c(c4)CN(C4CCC(=O)NC4=O)C5=O)CC3)CC2)c2cnc(Nc3ccnc(-c4cnn(S(=O)(=O)C5CC5)c4)n3)cc21. The number of piperidine rings is 2. The Kier molecular flexibility index (Phi) is 10.1. The highest BCUT2D eigenvalue weighted by atomic mass is 32.2. The van der Waals surface area contributed by atoms with Gasteiger partial charge in [0.05, 0.1) is 34.1 Å². The molecule has 2 N–H and O–H groups in total. The van der Waals surface area contributed by atoms with Crippen LogP contribution in [0.2, 0.25) is 0 Å². The summed E-state index contributed by atoms with van der Waals surface area (Å²) in [5.41, 5.74) is 4.24. The molecule has 10 rings (SSSR count). The molecule has 0 bridgehead atoms. The summed E-state index contributed by atoms with van der Waals surface area (Å²) < 4.78 is 28.4. The van der Waals surface area contributed by atoms with Crippen molar-refractivity contribution >= 4 is 56.1 Å². The van der Waals surface area contributed by atoms with Gasteiger partial charge in [0.2, 0.25) is 11.8 Å². The largest absolute Gasteiger partial charge is 0.354 e. The summed E-state index contributed by atoms with van der Waals surface area (Å²) in [5, 5.41) is 15.5. The Balaban J connectivity index is 0.744. The summed E-state index contributed by atoms with van der Waals surface area (Å²) in [6.07, 6.45) is 10.5.